The van der Waals surface area contributed by atoms with Gasteiger partial charge in [0.2, 0.25) is 0 Å². The number of pyridine rings is 1. The predicted octanol–water partition coefficient (Wildman–Crippen LogP) is 3.62. The van der Waals surface area contributed by atoms with E-state index in [1.54, 1.807) is 11.1 Å². The standard InChI is InChI=1S/C10H12Br2F2N2/c1-7-2-4-15-10(9(7)12)16(5-3-11)6-8(13)14/h2,4,8H,3,5-6H2,1H3. The number of anilines is 1. The van der Waals surface area contributed by atoms with Crippen molar-refractivity contribution in [3.8, 4) is 0 Å². The molecule has 0 atom stereocenters. The van der Waals surface area contributed by atoms with Crippen LogP contribution in [0.3, 0.4) is 0 Å². The molecule has 90 valence electrons. The summed E-state index contributed by atoms with van der Waals surface area (Å²) in [5.41, 5.74) is 0.985. The van der Waals surface area contributed by atoms with E-state index in [2.05, 4.69) is 36.8 Å². The van der Waals surface area contributed by atoms with Gasteiger partial charge in [-0.3, -0.25) is 0 Å². The summed E-state index contributed by atoms with van der Waals surface area (Å²) in [5.74, 6) is 0.569. The lowest BCUT2D eigenvalue weighted by atomic mass is 10.3. The van der Waals surface area contributed by atoms with Gasteiger partial charge >= 0.3 is 0 Å². The van der Waals surface area contributed by atoms with Crippen molar-refractivity contribution >= 4 is 37.7 Å². The lowest BCUT2D eigenvalue weighted by molar-refractivity contribution is 0.155. The molecule has 0 radical (unpaired) electrons. The van der Waals surface area contributed by atoms with Crippen LogP contribution in [0.25, 0.3) is 0 Å². The molecule has 2 nitrogen and oxygen atoms in total. The monoisotopic (exact) mass is 356 g/mol. The van der Waals surface area contributed by atoms with E-state index >= 15 is 0 Å². The fourth-order valence-corrected chi connectivity index (χ4v) is 2.21. The molecule has 0 saturated carbocycles. The minimum absolute atomic E-state index is 0.305. The van der Waals surface area contributed by atoms with Gasteiger partial charge in [0.25, 0.3) is 6.43 Å². The lowest BCUT2D eigenvalue weighted by Gasteiger charge is -2.23. The Morgan fingerprint density at radius 1 is 1.50 bits per heavy atom. The van der Waals surface area contributed by atoms with Gasteiger partial charge in [-0.05, 0) is 34.5 Å². The predicted molar refractivity (Wildman–Crippen MR) is 68.7 cm³/mol. The molecule has 0 saturated heterocycles. The first-order valence-electron chi connectivity index (χ1n) is 4.76. The normalized spacial score (nSPS) is 10.9. The van der Waals surface area contributed by atoms with Gasteiger partial charge in [0, 0.05) is 18.1 Å². The highest BCUT2D eigenvalue weighted by Gasteiger charge is 2.16. The SMILES string of the molecule is Cc1ccnc(N(CCBr)CC(F)F)c1Br. The smallest absolute Gasteiger partial charge is 0.255 e. The molecule has 0 aliphatic heterocycles. The Hall–Kier alpha value is -0.230. The minimum Gasteiger partial charge on any atom is -0.349 e. The number of hydrogen-bond acceptors (Lipinski definition) is 2. The molecule has 0 unspecified atom stereocenters. The average Bonchev–Trinajstić information content (AvgIpc) is 2.21. The first-order chi connectivity index (χ1) is 7.56. The highest BCUT2D eigenvalue weighted by Crippen LogP contribution is 2.27. The highest BCUT2D eigenvalue weighted by molar-refractivity contribution is 9.10. The second kappa shape index (κ2) is 6.49. The maximum atomic E-state index is 12.4. The number of aromatic nitrogens is 1. The number of alkyl halides is 3. The van der Waals surface area contributed by atoms with Gasteiger partial charge in [0.15, 0.2) is 0 Å². The van der Waals surface area contributed by atoms with Crippen LogP contribution < -0.4 is 4.90 Å². The number of rotatable bonds is 5. The van der Waals surface area contributed by atoms with Gasteiger partial charge in [-0.15, -0.1) is 0 Å². The van der Waals surface area contributed by atoms with Crippen LogP contribution in [-0.2, 0) is 0 Å². The first-order valence-corrected chi connectivity index (χ1v) is 6.68. The van der Waals surface area contributed by atoms with Crippen molar-refractivity contribution < 1.29 is 8.78 Å². The lowest BCUT2D eigenvalue weighted by Crippen LogP contribution is -2.31. The van der Waals surface area contributed by atoms with Crippen LogP contribution in [0.5, 0.6) is 0 Å². The van der Waals surface area contributed by atoms with Crippen molar-refractivity contribution in [1.82, 2.24) is 4.98 Å². The maximum absolute atomic E-state index is 12.4. The zero-order valence-electron chi connectivity index (χ0n) is 8.76. The van der Waals surface area contributed by atoms with E-state index in [-0.39, 0.29) is 6.54 Å². The van der Waals surface area contributed by atoms with Crippen LogP contribution in [-0.4, -0.2) is 29.8 Å². The van der Waals surface area contributed by atoms with Crippen LogP contribution in [0.4, 0.5) is 14.6 Å². The molecule has 0 aromatic carbocycles. The third-order valence-corrected chi connectivity index (χ3v) is 3.41. The Morgan fingerprint density at radius 2 is 2.19 bits per heavy atom. The molecule has 0 bridgehead atoms. The molecule has 0 aliphatic rings. The Bertz CT molecular complexity index is 348. The molecular weight excluding hydrogens is 346 g/mol. The molecular formula is C10H12Br2F2N2. The maximum Gasteiger partial charge on any atom is 0.255 e. The number of nitrogens with zero attached hydrogens (tertiary/aromatic N) is 2. The van der Waals surface area contributed by atoms with Crippen LogP contribution in [0.2, 0.25) is 0 Å². The van der Waals surface area contributed by atoms with Gasteiger partial charge in [-0.1, -0.05) is 15.9 Å². The van der Waals surface area contributed by atoms with E-state index < -0.39 is 6.43 Å². The van der Waals surface area contributed by atoms with E-state index in [0.717, 1.165) is 10.0 Å². The first kappa shape index (κ1) is 13.8. The van der Waals surface area contributed by atoms with E-state index in [1.165, 1.54) is 0 Å². The number of hydrogen-bond donors (Lipinski definition) is 0. The van der Waals surface area contributed by atoms with Crippen molar-refractivity contribution in [3.63, 3.8) is 0 Å². The van der Waals surface area contributed by atoms with E-state index in [9.17, 15) is 8.78 Å². The van der Waals surface area contributed by atoms with Crippen molar-refractivity contribution in [2.45, 2.75) is 13.3 Å². The number of aryl methyl sites for hydroxylation is 1. The summed E-state index contributed by atoms with van der Waals surface area (Å²) in [7, 11) is 0. The fraction of sp³-hybridized carbons (Fsp3) is 0.500. The molecule has 1 heterocycles. The van der Waals surface area contributed by atoms with Crippen LogP contribution in [0.1, 0.15) is 5.56 Å². The van der Waals surface area contributed by atoms with E-state index in [0.29, 0.717) is 17.7 Å². The van der Waals surface area contributed by atoms with Crippen LogP contribution in [0, 0.1) is 6.92 Å². The second-order valence-electron chi connectivity index (χ2n) is 3.29. The quantitative estimate of drug-likeness (QED) is 0.748. The zero-order chi connectivity index (χ0) is 12.1. The fourth-order valence-electron chi connectivity index (χ4n) is 1.30. The molecule has 1 rings (SSSR count). The molecule has 0 N–H and O–H groups in total. The molecule has 16 heavy (non-hydrogen) atoms. The summed E-state index contributed by atoms with van der Waals surface area (Å²) in [5, 5.41) is 0.627. The van der Waals surface area contributed by atoms with Gasteiger partial charge in [-0.25, -0.2) is 13.8 Å². The van der Waals surface area contributed by atoms with Gasteiger partial charge in [0.05, 0.1) is 11.0 Å². The summed E-state index contributed by atoms with van der Waals surface area (Å²) in [6, 6.07) is 1.84. The Labute approximate surface area is 110 Å². The zero-order valence-corrected chi connectivity index (χ0v) is 11.9. The molecule has 6 heteroatoms. The number of halogens is 4. The highest BCUT2D eigenvalue weighted by atomic mass is 79.9. The molecule has 0 aliphatic carbocycles. The summed E-state index contributed by atoms with van der Waals surface area (Å²) >= 11 is 6.63. The van der Waals surface area contributed by atoms with Crippen molar-refractivity contribution in [2.75, 3.05) is 23.3 Å². The summed E-state index contributed by atoms with van der Waals surface area (Å²) in [6.07, 6.45) is -0.740. The van der Waals surface area contributed by atoms with Gasteiger partial charge in [-0.2, -0.15) is 0 Å². The van der Waals surface area contributed by atoms with E-state index in [4.69, 9.17) is 0 Å². The third-order valence-electron chi connectivity index (χ3n) is 2.08. The van der Waals surface area contributed by atoms with Crippen molar-refractivity contribution in [2.24, 2.45) is 0 Å². The topological polar surface area (TPSA) is 16.1 Å². The van der Waals surface area contributed by atoms with Crippen molar-refractivity contribution in [1.29, 1.82) is 0 Å². The minimum atomic E-state index is -2.37. The summed E-state index contributed by atoms with van der Waals surface area (Å²) in [6.45, 7) is 2.10. The van der Waals surface area contributed by atoms with Crippen molar-refractivity contribution in [3.05, 3.63) is 22.3 Å². The molecule has 1 aromatic rings. The van der Waals surface area contributed by atoms with Crippen LogP contribution >= 0.6 is 31.9 Å². The van der Waals surface area contributed by atoms with Crippen LogP contribution in [0.15, 0.2) is 16.7 Å². The largest absolute Gasteiger partial charge is 0.349 e. The van der Waals surface area contributed by atoms with E-state index in [1.807, 2.05) is 13.0 Å². The molecule has 0 amide bonds. The molecule has 1 aromatic heterocycles. The Kier molecular flexibility index (Phi) is 5.61. The molecule has 0 fully saturated rings. The Morgan fingerprint density at radius 3 is 2.75 bits per heavy atom. The second-order valence-corrected chi connectivity index (χ2v) is 4.88. The summed E-state index contributed by atoms with van der Waals surface area (Å²) in [4.78, 5) is 5.70. The third kappa shape index (κ3) is 3.66. The van der Waals surface area contributed by atoms with Gasteiger partial charge in [0.1, 0.15) is 5.82 Å². The average molecular weight is 358 g/mol. The summed E-state index contributed by atoms with van der Waals surface area (Å²) < 4.78 is 25.6. The Balaban J connectivity index is 2.96. The van der Waals surface area contributed by atoms with Gasteiger partial charge < -0.3 is 4.90 Å². The molecule has 0 spiro atoms.